The third kappa shape index (κ3) is 5.22. The Bertz CT molecular complexity index is 1100. The normalized spacial score (nSPS) is 16.1. The van der Waals surface area contributed by atoms with Crippen molar-refractivity contribution in [3.63, 3.8) is 0 Å². The molecule has 0 spiro atoms. The number of methoxy groups -OCH3 is 2. The highest BCUT2D eigenvalue weighted by atomic mass is 32.2. The molecule has 2 aromatic rings. The highest BCUT2D eigenvalue weighted by molar-refractivity contribution is 7.92. The molecular formula is C18H23N5O6S2. The number of thiazole rings is 1. The second-order valence-corrected chi connectivity index (χ2v) is 9.64. The number of esters is 1. The molecule has 0 saturated carbocycles. The van der Waals surface area contributed by atoms with Crippen LogP contribution in [0.2, 0.25) is 0 Å². The summed E-state index contributed by atoms with van der Waals surface area (Å²) < 4.78 is 35.5. The van der Waals surface area contributed by atoms with E-state index in [-0.39, 0.29) is 11.6 Å². The molecule has 0 unspecified atom stereocenters. The number of hydrogen-bond donors (Lipinski definition) is 2. The maximum atomic E-state index is 12.7. The van der Waals surface area contributed by atoms with E-state index in [9.17, 15) is 18.0 Å². The summed E-state index contributed by atoms with van der Waals surface area (Å²) in [5.41, 5.74) is 1.43. The van der Waals surface area contributed by atoms with Gasteiger partial charge >= 0.3 is 12.0 Å². The van der Waals surface area contributed by atoms with E-state index in [0.717, 1.165) is 6.26 Å². The molecule has 0 radical (unpaired) electrons. The fourth-order valence-electron chi connectivity index (χ4n) is 3.28. The number of amides is 2. The van der Waals surface area contributed by atoms with Crippen LogP contribution in [-0.4, -0.2) is 68.3 Å². The van der Waals surface area contributed by atoms with E-state index in [1.54, 1.807) is 13.0 Å². The van der Waals surface area contributed by atoms with E-state index < -0.39 is 28.1 Å². The van der Waals surface area contributed by atoms with Crippen LogP contribution >= 0.6 is 11.3 Å². The second-order valence-electron chi connectivity index (χ2n) is 6.89. The van der Waals surface area contributed by atoms with Gasteiger partial charge in [0.15, 0.2) is 5.13 Å². The Kier molecular flexibility index (Phi) is 6.65. The number of nitrogens with zero attached hydrogens (tertiary/aromatic N) is 3. The van der Waals surface area contributed by atoms with Crippen molar-refractivity contribution in [3.8, 4) is 16.3 Å². The molecular weight excluding hydrogens is 446 g/mol. The fraction of sp³-hybridized carbons (Fsp3) is 0.444. The van der Waals surface area contributed by atoms with Gasteiger partial charge in [-0.15, -0.1) is 0 Å². The minimum Gasteiger partial charge on any atom is -0.480 e. The predicted molar refractivity (Wildman–Crippen MR) is 116 cm³/mol. The summed E-state index contributed by atoms with van der Waals surface area (Å²) in [6.07, 6.45) is 3.83. The summed E-state index contributed by atoms with van der Waals surface area (Å²) >= 11 is 1.21. The molecule has 1 fully saturated rings. The first kappa shape index (κ1) is 22.7. The van der Waals surface area contributed by atoms with Crippen LogP contribution in [0.25, 0.3) is 10.4 Å². The highest BCUT2D eigenvalue weighted by Crippen LogP contribution is 2.36. The third-order valence-electron chi connectivity index (χ3n) is 4.60. The van der Waals surface area contributed by atoms with Gasteiger partial charge in [-0.2, -0.15) is 0 Å². The SMILES string of the molecule is COC(=O)[C@@H]1CCCN1C(=O)Nc1nc(C)c(-c2cnc(OC)c(NS(C)(=O)=O)c2)s1. The minimum atomic E-state index is -3.54. The van der Waals surface area contributed by atoms with E-state index in [2.05, 4.69) is 20.0 Å². The smallest absolute Gasteiger partial charge is 0.328 e. The lowest BCUT2D eigenvalue weighted by Gasteiger charge is -2.22. The first-order chi connectivity index (χ1) is 14.6. The molecule has 13 heteroatoms. The molecule has 0 aromatic carbocycles. The topological polar surface area (TPSA) is 140 Å². The molecule has 1 aliphatic heterocycles. The van der Waals surface area contributed by atoms with Crippen LogP contribution in [0.3, 0.4) is 0 Å². The van der Waals surface area contributed by atoms with Crippen molar-refractivity contribution in [1.82, 2.24) is 14.9 Å². The summed E-state index contributed by atoms with van der Waals surface area (Å²) in [5.74, 6) is -0.313. The number of carbonyl (C=O) groups is 2. The fourth-order valence-corrected chi connectivity index (χ4v) is 4.77. The van der Waals surface area contributed by atoms with Gasteiger partial charge in [-0.25, -0.2) is 28.0 Å². The van der Waals surface area contributed by atoms with Gasteiger partial charge in [-0.05, 0) is 25.8 Å². The molecule has 1 aliphatic rings. The largest absolute Gasteiger partial charge is 0.480 e. The highest BCUT2D eigenvalue weighted by Gasteiger charge is 2.35. The Morgan fingerprint density at radius 2 is 2.06 bits per heavy atom. The zero-order valence-corrected chi connectivity index (χ0v) is 19.1. The Morgan fingerprint density at radius 1 is 1.32 bits per heavy atom. The number of hydrogen-bond acceptors (Lipinski definition) is 9. The number of aryl methyl sites for hydroxylation is 1. The molecule has 168 valence electrons. The van der Waals surface area contributed by atoms with Crippen molar-refractivity contribution >= 4 is 44.2 Å². The number of anilines is 2. The Labute approximate surface area is 183 Å². The number of likely N-dealkylation sites (tertiary alicyclic amines) is 1. The summed E-state index contributed by atoms with van der Waals surface area (Å²) in [6, 6.07) is 0.550. The number of sulfonamides is 1. The second kappa shape index (κ2) is 9.06. The van der Waals surface area contributed by atoms with Crippen molar-refractivity contribution in [3.05, 3.63) is 18.0 Å². The van der Waals surface area contributed by atoms with Gasteiger partial charge in [0.05, 0.1) is 31.0 Å². The Morgan fingerprint density at radius 3 is 2.71 bits per heavy atom. The van der Waals surface area contributed by atoms with Crippen LogP contribution in [-0.2, 0) is 19.6 Å². The number of rotatable bonds is 6. The van der Waals surface area contributed by atoms with Gasteiger partial charge in [0.2, 0.25) is 15.9 Å². The van der Waals surface area contributed by atoms with E-state index in [4.69, 9.17) is 9.47 Å². The maximum absolute atomic E-state index is 12.7. The summed E-state index contributed by atoms with van der Waals surface area (Å²) in [5, 5.41) is 3.08. The van der Waals surface area contributed by atoms with Crippen LogP contribution in [0.5, 0.6) is 5.88 Å². The zero-order valence-electron chi connectivity index (χ0n) is 17.5. The van der Waals surface area contributed by atoms with Gasteiger partial charge in [-0.3, -0.25) is 10.0 Å². The van der Waals surface area contributed by atoms with Crippen molar-refractivity contribution in [1.29, 1.82) is 0 Å². The van der Waals surface area contributed by atoms with Crippen LogP contribution in [0, 0.1) is 6.92 Å². The van der Waals surface area contributed by atoms with Crippen LogP contribution in [0.15, 0.2) is 12.3 Å². The number of ether oxygens (including phenoxy) is 2. The Hall–Kier alpha value is -2.93. The molecule has 0 aliphatic carbocycles. The van der Waals surface area contributed by atoms with E-state index in [0.29, 0.717) is 40.7 Å². The molecule has 1 atom stereocenters. The molecule has 2 N–H and O–H groups in total. The van der Waals surface area contributed by atoms with Gasteiger partial charge in [0, 0.05) is 18.3 Å². The first-order valence-electron chi connectivity index (χ1n) is 9.28. The van der Waals surface area contributed by atoms with E-state index in [1.165, 1.54) is 36.7 Å². The van der Waals surface area contributed by atoms with Crippen LogP contribution in [0.1, 0.15) is 18.5 Å². The number of pyridine rings is 1. The molecule has 11 nitrogen and oxygen atoms in total. The van der Waals surface area contributed by atoms with Crippen molar-refractivity contribution in [2.45, 2.75) is 25.8 Å². The lowest BCUT2D eigenvalue weighted by atomic mass is 10.2. The Balaban J connectivity index is 1.83. The minimum absolute atomic E-state index is 0.132. The molecule has 3 rings (SSSR count). The van der Waals surface area contributed by atoms with Crippen molar-refractivity contribution in [2.24, 2.45) is 0 Å². The van der Waals surface area contributed by atoms with Gasteiger partial charge in [-0.1, -0.05) is 11.3 Å². The summed E-state index contributed by atoms with van der Waals surface area (Å²) in [6.45, 7) is 2.22. The van der Waals surface area contributed by atoms with Crippen molar-refractivity contribution in [2.75, 3.05) is 37.1 Å². The monoisotopic (exact) mass is 469 g/mol. The number of nitrogens with one attached hydrogen (secondary N) is 2. The molecule has 0 bridgehead atoms. The van der Waals surface area contributed by atoms with Crippen LogP contribution < -0.4 is 14.8 Å². The number of aromatic nitrogens is 2. The quantitative estimate of drug-likeness (QED) is 0.613. The number of urea groups is 1. The van der Waals surface area contributed by atoms with Gasteiger partial charge in [0.1, 0.15) is 11.7 Å². The van der Waals surface area contributed by atoms with Gasteiger partial charge < -0.3 is 14.4 Å². The molecule has 2 aromatic heterocycles. The van der Waals surface area contributed by atoms with E-state index in [1.807, 2.05) is 0 Å². The zero-order chi connectivity index (χ0) is 22.8. The number of carbonyl (C=O) groups excluding carboxylic acids is 2. The average molecular weight is 470 g/mol. The first-order valence-corrected chi connectivity index (χ1v) is 12.0. The lowest BCUT2D eigenvalue weighted by molar-refractivity contribution is -0.144. The average Bonchev–Trinajstić information content (AvgIpc) is 3.33. The summed E-state index contributed by atoms with van der Waals surface area (Å²) in [7, 11) is -0.852. The summed E-state index contributed by atoms with van der Waals surface area (Å²) in [4.78, 5) is 35.2. The lowest BCUT2D eigenvalue weighted by Crippen LogP contribution is -2.43. The standard InChI is InChI=1S/C18H23N5O6S2/c1-10-14(11-8-12(22-31(4,26)27)15(28-2)19-9-11)30-17(20-10)21-18(25)23-7-5-6-13(23)16(24)29-3/h8-9,13,22H,5-7H2,1-4H3,(H,20,21,25)/t13-/m0/s1. The molecule has 3 heterocycles. The van der Waals surface area contributed by atoms with Crippen LogP contribution in [0.4, 0.5) is 15.6 Å². The van der Waals surface area contributed by atoms with E-state index >= 15 is 0 Å². The molecule has 2 amide bonds. The predicted octanol–water partition coefficient (Wildman–Crippen LogP) is 2.06. The maximum Gasteiger partial charge on any atom is 0.328 e. The molecule has 31 heavy (non-hydrogen) atoms. The molecule has 1 saturated heterocycles. The van der Waals surface area contributed by atoms with Crippen molar-refractivity contribution < 1.29 is 27.5 Å². The third-order valence-corrected chi connectivity index (χ3v) is 6.31. The van der Waals surface area contributed by atoms with Gasteiger partial charge in [0.25, 0.3) is 0 Å².